The third-order valence-corrected chi connectivity index (χ3v) is 1.78. The Morgan fingerprint density at radius 2 is 2.20 bits per heavy atom. The molecule has 1 heterocycles. The van der Waals surface area contributed by atoms with Crippen molar-refractivity contribution >= 4 is 5.97 Å². The summed E-state index contributed by atoms with van der Waals surface area (Å²) in [5.41, 5.74) is 0.861. The van der Waals surface area contributed by atoms with Gasteiger partial charge >= 0.3 is 5.97 Å². The quantitative estimate of drug-likeness (QED) is 0.825. The van der Waals surface area contributed by atoms with Crippen LogP contribution in [0.5, 0.6) is 5.88 Å². The van der Waals surface area contributed by atoms with E-state index >= 15 is 0 Å². The van der Waals surface area contributed by atoms with Crippen LogP contribution in [0.25, 0.3) is 0 Å². The minimum Gasteiger partial charge on any atom is -0.477 e. The monoisotopic (exact) mass is 209 g/mol. The van der Waals surface area contributed by atoms with Crippen LogP contribution in [-0.4, -0.2) is 22.7 Å². The minimum absolute atomic E-state index is 0.112. The number of rotatable bonds is 4. The molecule has 0 bridgehead atoms. The van der Waals surface area contributed by atoms with Gasteiger partial charge in [-0.1, -0.05) is 13.8 Å². The van der Waals surface area contributed by atoms with E-state index in [2.05, 4.69) is 4.98 Å². The van der Waals surface area contributed by atoms with Gasteiger partial charge in [-0.05, 0) is 25.0 Å². The van der Waals surface area contributed by atoms with Gasteiger partial charge in [0.1, 0.15) is 5.56 Å². The molecular weight excluding hydrogens is 194 g/mol. The lowest BCUT2D eigenvalue weighted by atomic mass is 10.2. The Morgan fingerprint density at radius 3 is 2.73 bits per heavy atom. The zero-order valence-electron chi connectivity index (χ0n) is 9.15. The molecule has 1 aromatic heterocycles. The summed E-state index contributed by atoms with van der Waals surface area (Å²) < 4.78 is 5.35. The van der Waals surface area contributed by atoms with E-state index in [0.717, 1.165) is 5.69 Å². The molecule has 0 aliphatic heterocycles. The Morgan fingerprint density at radius 1 is 1.53 bits per heavy atom. The molecule has 0 radical (unpaired) electrons. The number of pyridine rings is 1. The number of hydrogen-bond donors (Lipinski definition) is 1. The predicted molar refractivity (Wildman–Crippen MR) is 56.3 cm³/mol. The predicted octanol–water partition coefficient (Wildman–Crippen LogP) is 2.12. The highest BCUT2D eigenvalue weighted by atomic mass is 16.5. The minimum atomic E-state index is -1.01. The van der Waals surface area contributed by atoms with Crippen molar-refractivity contribution in [1.82, 2.24) is 4.98 Å². The molecule has 82 valence electrons. The maximum absolute atomic E-state index is 10.9. The van der Waals surface area contributed by atoms with Crippen molar-refractivity contribution in [2.75, 3.05) is 6.61 Å². The average molecular weight is 209 g/mol. The van der Waals surface area contributed by atoms with Gasteiger partial charge in [-0.25, -0.2) is 9.78 Å². The van der Waals surface area contributed by atoms with Crippen LogP contribution < -0.4 is 4.74 Å². The van der Waals surface area contributed by atoms with Gasteiger partial charge in [0.2, 0.25) is 5.88 Å². The first kappa shape index (κ1) is 11.5. The van der Waals surface area contributed by atoms with Crippen LogP contribution in [0.4, 0.5) is 0 Å². The van der Waals surface area contributed by atoms with Gasteiger partial charge in [-0.15, -0.1) is 0 Å². The molecule has 4 nitrogen and oxygen atoms in total. The number of nitrogens with zero attached hydrogens (tertiary/aromatic N) is 1. The van der Waals surface area contributed by atoms with E-state index in [1.54, 1.807) is 13.0 Å². The normalized spacial score (nSPS) is 10.4. The molecule has 0 spiro atoms. The smallest absolute Gasteiger partial charge is 0.341 e. The molecule has 0 fully saturated rings. The molecule has 0 saturated heterocycles. The lowest BCUT2D eigenvalue weighted by molar-refractivity contribution is 0.0690. The number of carboxylic acid groups (broad SMARTS) is 1. The Balaban J connectivity index is 2.92. The van der Waals surface area contributed by atoms with Gasteiger partial charge in [0, 0.05) is 5.69 Å². The molecule has 4 heteroatoms. The number of carbonyl (C=O) groups is 1. The lowest BCUT2D eigenvalue weighted by Gasteiger charge is -2.10. The van der Waals surface area contributed by atoms with Gasteiger partial charge < -0.3 is 9.84 Å². The number of ether oxygens (including phenoxy) is 1. The van der Waals surface area contributed by atoms with Gasteiger partial charge in [-0.2, -0.15) is 0 Å². The third-order valence-electron chi connectivity index (χ3n) is 1.78. The zero-order chi connectivity index (χ0) is 11.4. The van der Waals surface area contributed by atoms with Crippen LogP contribution in [0, 0.1) is 12.8 Å². The first-order valence-electron chi connectivity index (χ1n) is 4.84. The van der Waals surface area contributed by atoms with Crippen molar-refractivity contribution in [3.05, 3.63) is 23.4 Å². The fourth-order valence-electron chi connectivity index (χ4n) is 1.05. The molecule has 0 atom stereocenters. The summed E-state index contributed by atoms with van der Waals surface area (Å²) in [5, 5.41) is 8.90. The van der Waals surface area contributed by atoms with E-state index < -0.39 is 5.97 Å². The Bertz CT molecular complexity index is 361. The highest BCUT2D eigenvalue weighted by Gasteiger charge is 2.13. The number of hydrogen-bond acceptors (Lipinski definition) is 3. The van der Waals surface area contributed by atoms with Gasteiger partial charge in [0.15, 0.2) is 0 Å². The van der Waals surface area contributed by atoms with Crippen LogP contribution in [-0.2, 0) is 0 Å². The van der Waals surface area contributed by atoms with Gasteiger partial charge in [0.25, 0.3) is 0 Å². The molecule has 1 N–H and O–H groups in total. The number of aromatic nitrogens is 1. The van der Waals surface area contributed by atoms with Crippen molar-refractivity contribution in [1.29, 1.82) is 0 Å². The summed E-state index contributed by atoms with van der Waals surface area (Å²) in [7, 11) is 0. The molecule has 0 unspecified atom stereocenters. The molecule has 0 aliphatic rings. The maximum atomic E-state index is 10.9. The SMILES string of the molecule is Cc1ccc(C(=O)O)c(OCC(C)C)n1. The zero-order valence-corrected chi connectivity index (χ0v) is 9.15. The van der Waals surface area contributed by atoms with E-state index in [1.165, 1.54) is 6.07 Å². The van der Waals surface area contributed by atoms with Crippen LogP contribution in [0.2, 0.25) is 0 Å². The number of aromatic carboxylic acids is 1. The van der Waals surface area contributed by atoms with Crippen molar-refractivity contribution in [2.24, 2.45) is 5.92 Å². The second kappa shape index (κ2) is 4.77. The van der Waals surface area contributed by atoms with E-state index in [4.69, 9.17) is 9.84 Å². The number of aryl methyl sites for hydroxylation is 1. The maximum Gasteiger partial charge on any atom is 0.341 e. The van der Waals surface area contributed by atoms with Crippen molar-refractivity contribution < 1.29 is 14.6 Å². The Hall–Kier alpha value is -1.58. The summed E-state index contributed by atoms with van der Waals surface area (Å²) in [6, 6.07) is 3.17. The van der Waals surface area contributed by atoms with Crippen LogP contribution >= 0.6 is 0 Å². The van der Waals surface area contributed by atoms with Crippen LogP contribution in [0.1, 0.15) is 29.9 Å². The first-order valence-corrected chi connectivity index (χ1v) is 4.84. The van der Waals surface area contributed by atoms with Crippen LogP contribution in [0.15, 0.2) is 12.1 Å². The Kier molecular flexibility index (Phi) is 3.66. The molecule has 0 saturated carbocycles. The highest BCUT2D eigenvalue weighted by Crippen LogP contribution is 2.16. The van der Waals surface area contributed by atoms with Crippen molar-refractivity contribution in [3.63, 3.8) is 0 Å². The fraction of sp³-hybridized carbons (Fsp3) is 0.455. The van der Waals surface area contributed by atoms with Crippen molar-refractivity contribution in [2.45, 2.75) is 20.8 Å². The molecule has 1 aromatic rings. The summed E-state index contributed by atoms with van der Waals surface area (Å²) in [4.78, 5) is 14.9. The first-order chi connectivity index (χ1) is 7.00. The van der Waals surface area contributed by atoms with E-state index in [9.17, 15) is 4.79 Å². The van der Waals surface area contributed by atoms with Gasteiger partial charge in [-0.3, -0.25) is 0 Å². The van der Waals surface area contributed by atoms with Crippen molar-refractivity contribution in [3.8, 4) is 5.88 Å². The fourth-order valence-corrected chi connectivity index (χ4v) is 1.05. The molecule has 0 aliphatic carbocycles. The molecule has 15 heavy (non-hydrogen) atoms. The summed E-state index contributed by atoms with van der Waals surface area (Å²) in [6.45, 7) is 6.26. The van der Waals surface area contributed by atoms with E-state index in [1.807, 2.05) is 13.8 Å². The second-order valence-corrected chi connectivity index (χ2v) is 3.82. The standard InChI is InChI=1S/C11H15NO3/c1-7(2)6-15-10-9(11(13)14)5-4-8(3)12-10/h4-5,7H,6H2,1-3H3,(H,13,14). The number of carboxylic acids is 1. The summed E-state index contributed by atoms with van der Waals surface area (Å²) >= 11 is 0. The molecular formula is C11H15NO3. The Labute approximate surface area is 88.9 Å². The van der Waals surface area contributed by atoms with E-state index in [0.29, 0.717) is 12.5 Å². The molecule has 0 aromatic carbocycles. The summed E-state index contributed by atoms with van der Waals surface area (Å²) in [5.74, 6) is -0.466. The van der Waals surface area contributed by atoms with Crippen LogP contribution in [0.3, 0.4) is 0 Å². The summed E-state index contributed by atoms with van der Waals surface area (Å²) in [6.07, 6.45) is 0. The average Bonchev–Trinajstić information content (AvgIpc) is 2.14. The lowest BCUT2D eigenvalue weighted by Crippen LogP contribution is -2.10. The largest absolute Gasteiger partial charge is 0.477 e. The molecule has 1 rings (SSSR count). The topological polar surface area (TPSA) is 59.4 Å². The highest BCUT2D eigenvalue weighted by molar-refractivity contribution is 5.90. The van der Waals surface area contributed by atoms with Gasteiger partial charge in [0.05, 0.1) is 6.61 Å². The second-order valence-electron chi connectivity index (χ2n) is 3.82. The van der Waals surface area contributed by atoms with E-state index in [-0.39, 0.29) is 11.4 Å². The molecule has 0 amide bonds. The third kappa shape index (κ3) is 3.23.